The van der Waals surface area contributed by atoms with Gasteiger partial charge in [0.05, 0.1) is 26.8 Å². The van der Waals surface area contributed by atoms with Crippen LogP contribution in [-0.2, 0) is 17.9 Å². The molecule has 0 radical (unpaired) electrons. The first-order valence-electron chi connectivity index (χ1n) is 10.2. The summed E-state index contributed by atoms with van der Waals surface area (Å²) >= 11 is 0. The van der Waals surface area contributed by atoms with Gasteiger partial charge in [-0.3, -0.25) is 4.79 Å². The Bertz CT molecular complexity index is 835. The van der Waals surface area contributed by atoms with Crippen molar-refractivity contribution < 1.29 is 14.3 Å². The number of aliphatic imine (C=N–C) groups is 1. The van der Waals surface area contributed by atoms with Crippen LogP contribution in [0.1, 0.15) is 30.5 Å². The third-order valence-electron chi connectivity index (χ3n) is 4.34. The van der Waals surface area contributed by atoms with E-state index in [4.69, 9.17) is 9.47 Å². The van der Waals surface area contributed by atoms with Gasteiger partial charge in [-0.25, -0.2) is 4.99 Å². The second kappa shape index (κ2) is 12.4. The molecule has 0 saturated heterocycles. The average Bonchev–Trinajstić information content (AvgIpc) is 2.75. The fourth-order valence-corrected chi connectivity index (χ4v) is 2.76. The summed E-state index contributed by atoms with van der Waals surface area (Å²) in [6.07, 6.45) is 0. The number of rotatable bonds is 10. The highest BCUT2D eigenvalue weighted by Gasteiger charge is 2.06. The molecule has 2 aromatic rings. The van der Waals surface area contributed by atoms with Crippen LogP contribution in [0.5, 0.6) is 11.5 Å². The lowest BCUT2D eigenvalue weighted by Crippen LogP contribution is -2.43. The van der Waals surface area contributed by atoms with E-state index >= 15 is 0 Å². The second-order valence-corrected chi connectivity index (χ2v) is 6.72. The summed E-state index contributed by atoms with van der Waals surface area (Å²) in [6, 6.07) is 13.7. The molecule has 0 bridgehead atoms. The monoisotopic (exact) mass is 412 g/mol. The largest absolute Gasteiger partial charge is 0.497 e. The summed E-state index contributed by atoms with van der Waals surface area (Å²) in [5.41, 5.74) is 3.15. The highest BCUT2D eigenvalue weighted by atomic mass is 16.5. The van der Waals surface area contributed by atoms with E-state index in [2.05, 4.69) is 20.9 Å². The van der Waals surface area contributed by atoms with Gasteiger partial charge < -0.3 is 25.4 Å². The highest BCUT2D eigenvalue weighted by Crippen LogP contribution is 2.21. The van der Waals surface area contributed by atoms with Gasteiger partial charge in [0.1, 0.15) is 11.5 Å². The number of hydrogen-bond donors (Lipinski definition) is 3. The zero-order valence-electron chi connectivity index (χ0n) is 18.2. The second-order valence-electron chi connectivity index (χ2n) is 6.72. The summed E-state index contributed by atoms with van der Waals surface area (Å²) in [5, 5.41) is 9.13. The zero-order valence-corrected chi connectivity index (χ0v) is 18.2. The molecule has 2 aromatic carbocycles. The first-order valence-corrected chi connectivity index (χ1v) is 10.2. The normalized spacial score (nSPS) is 11.0. The number of amides is 1. The summed E-state index contributed by atoms with van der Waals surface area (Å²) in [5.74, 6) is 2.11. The summed E-state index contributed by atoms with van der Waals surface area (Å²) < 4.78 is 10.9. The molecule has 7 heteroatoms. The van der Waals surface area contributed by atoms with E-state index in [1.54, 1.807) is 7.11 Å². The Morgan fingerprint density at radius 3 is 2.47 bits per heavy atom. The van der Waals surface area contributed by atoms with Crippen molar-refractivity contribution in [3.63, 3.8) is 0 Å². The Morgan fingerprint density at radius 1 is 1.03 bits per heavy atom. The Balaban J connectivity index is 1.89. The first-order chi connectivity index (χ1) is 14.5. The zero-order chi connectivity index (χ0) is 21.8. The molecule has 162 valence electrons. The van der Waals surface area contributed by atoms with Crippen molar-refractivity contribution in [1.82, 2.24) is 16.0 Å². The van der Waals surface area contributed by atoms with E-state index in [0.29, 0.717) is 32.2 Å². The molecule has 0 aliphatic heterocycles. The highest BCUT2D eigenvalue weighted by molar-refractivity contribution is 5.86. The molecule has 0 spiro atoms. The number of benzene rings is 2. The smallest absolute Gasteiger partial charge is 0.239 e. The molecule has 0 saturated carbocycles. The van der Waals surface area contributed by atoms with Crippen molar-refractivity contribution in [2.45, 2.75) is 33.9 Å². The third-order valence-corrected chi connectivity index (χ3v) is 4.34. The van der Waals surface area contributed by atoms with Gasteiger partial charge in [0.2, 0.25) is 5.91 Å². The molecule has 2 rings (SSSR count). The van der Waals surface area contributed by atoms with E-state index in [0.717, 1.165) is 28.2 Å². The SMILES string of the molecule is CCNC(=NCc1ccc(C)cc1OCC)NCC(=O)NCc1ccc(OC)cc1. The number of aryl methyl sites for hydroxylation is 1. The van der Waals surface area contributed by atoms with E-state index in [-0.39, 0.29) is 12.5 Å². The Kier molecular flexibility index (Phi) is 9.51. The predicted octanol–water partition coefficient (Wildman–Crippen LogP) is 2.77. The number of methoxy groups -OCH3 is 1. The van der Waals surface area contributed by atoms with Crippen LogP contribution >= 0.6 is 0 Å². The lowest BCUT2D eigenvalue weighted by atomic mass is 10.1. The van der Waals surface area contributed by atoms with Crippen LogP contribution < -0.4 is 25.4 Å². The van der Waals surface area contributed by atoms with Crippen molar-refractivity contribution in [3.8, 4) is 11.5 Å². The minimum absolute atomic E-state index is 0.109. The van der Waals surface area contributed by atoms with Crippen molar-refractivity contribution in [1.29, 1.82) is 0 Å². The van der Waals surface area contributed by atoms with Crippen LogP contribution in [0.2, 0.25) is 0 Å². The number of carbonyl (C=O) groups is 1. The summed E-state index contributed by atoms with van der Waals surface area (Å²) in [4.78, 5) is 16.8. The third kappa shape index (κ3) is 7.66. The first kappa shape index (κ1) is 23.1. The van der Waals surface area contributed by atoms with E-state index in [1.165, 1.54) is 0 Å². The molecular weight excluding hydrogens is 380 g/mol. The minimum atomic E-state index is -0.109. The summed E-state index contributed by atoms with van der Waals surface area (Å²) in [6.45, 7) is 8.33. The van der Waals surface area contributed by atoms with E-state index in [1.807, 2.05) is 63.2 Å². The molecule has 7 nitrogen and oxygen atoms in total. The van der Waals surface area contributed by atoms with Gasteiger partial charge in [0.15, 0.2) is 5.96 Å². The number of ether oxygens (including phenoxy) is 2. The molecule has 30 heavy (non-hydrogen) atoms. The number of carbonyl (C=O) groups excluding carboxylic acids is 1. The van der Waals surface area contributed by atoms with Gasteiger partial charge in [-0.1, -0.05) is 24.3 Å². The number of guanidine groups is 1. The van der Waals surface area contributed by atoms with E-state index < -0.39 is 0 Å². The van der Waals surface area contributed by atoms with Gasteiger partial charge >= 0.3 is 0 Å². The molecule has 0 aliphatic rings. The maximum atomic E-state index is 12.2. The van der Waals surface area contributed by atoms with Gasteiger partial charge in [0.25, 0.3) is 0 Å². The standard InChI is InChI=1S/C23H32N4O3/c1-5-24-23(26-15-19-10-7-17(3)13-21(19)30-6-2)27-16-22(28)25-14-18-8-11-20(29-4)12-9-18/h7-13H,5-6,14-16H2,1-4H3,(H,25,28)(H2,24,26,27). The summed E-state index contributed by atoms with van der Waals surface area (Å²) in [7, 11) is 1.63. The van der Waals surface area contributed by atoms with Crippen molar-refractivity contribution >= 4 is 11.9 Å². The lowest BCUT2D eigenvalue weighted by Gasteiger charge is -2.13. The predicted molar refractivity (Wildman–Crippen MR) is 120 cm³/mol. The molecule has 0 unspecified atom stereocenters. The van der Waals surface area contributed by atoms with E-state index in [9.17, 15) is 4.79 Å². The van der Waals surface area contributed by atoms with Gasteiger partial charge in [0, 0.05) is 18.7 Å². The number of nitrogens with one attached hydrogen (secondary N) is 3. The van der Waals surface area contributed by atoms with Gasteiger partial charge in [-0.15, -0.1) is 0 Å². The number of nitrogens with zero attached hydrogens (tertiary/aromatic N) is 1. The van der Waals surface area contributed by atoms with Crippen LogP contribution in [0.15, 0.2) is 47.5 Å². The minimum Gasteiger partial charge on any atom is -0.497 e. The molecular formula is C23H32N4O3. The Labute approximate surface area is 178 Å². The Hall–Kier alpha value is -3.22. The average molecular weight is 413 g/mol. The van der Waals surface area contributed by atoms with Crippen LogP contribution in [0.25, 0.3) is 0 Å². The quantitative estimate of drug-likeness (QED) is 0.413. The van der Waals surface area contributed by atoms with Crippen LogP contribution in [0.3, 0.4) is 0 Å². The van der Waals surface area contributed by atoms with Crippen molar-refractivity contribution in [2.24, 2.45) is 4.99 Å². The fourth-order valence-electron chi connectivity index (χ4n) is 2.76. The molecule has 0 aliphatic carbocycles. The molecule has 0 heterocycles. The maximum absolute atomic E-state index is 12.2. The molecule has 1 amide bonds. The molecule has 3 N–H and O–H groups in total. The van der Waals surface area contributed by atoms with Gasteiger partial charge in [-0.05, 0) is 50.1 Å². The molecule has 0 aromatic heterocycles. The fraction of sp³-hybridized carbons (Fsp3) is 0.391. The maximum Gasteiger partial charge on any atom is 0.239 e. The Morgan fingerprint density at radius 2 is 1.80 bits per heavy atom. The van der Waals surface area contributed by atoms with Crippen LogP contribution in [0, 0.1) is 6.92 Å². The molecule has 0 atom stereocenters. The van der Waals surface area contributed by atoms with Gasteiger partial charge in [-0.2, -0.15) is 0 Å². The lowest BCUT2D eigenvalue weighted by molar-refractivity contribution is -0.120. The molecule has 0 fully saturated rings. The number of hydrogen-bond acceptors (Lipinski definition) is 4. The van der Waals surface area contributed by atoms with Crippen molar-refractivity contribution in [2.75, 3.05) is 26.8 Å². The van der Waals surface area contributed by atoms with Crippen LogP contribution in [0.4, 0.5) is 0 Å². The van der Waals surface area contributed by atoms with Crippen molar-refractivity contribution in [3.05, 3.63) is 59.2 Å². The topological polar surface area (TPSA) is 84.0 Å². The van der Waals surface area contributed by atoms with Crippen LogP contribution in [-0.4, -0.2) is 38.7 Å².